The van der Waals surface area contributed by atoms with Gasteiger partial charge in [0.25, 0.3) is 0 Å². The highest BCUT2D eigenvalue weighted by Crippen LogP contribution is 2.26. The van der Waals surface area contributed by atoms with Crippen LogP contribution in [0.5, 0.6) is 0 Å². The van der Waals surface area contributed by atoms with Gasteiger partial charge in [0.05, 0.1) is 17.3 Å². The van der Waals surface area contributed by atoms with Crippen molar-refractivity contribution in [2.75, 3.05) is 11.4 Å². The van der Waals surface area contributed by atoms with Crippen molar-refractivity contribution >= 4 is 16.9 Å². The molecule has 0 fully saturated rings. The Labute approximate surface area is 165 Å². The zero-order chi connectivity index (χ0) is 19.3. The van der Waals surface area contributed by atoms with Gasteiger partial charge >= 0.3 is 0 Å². The Hall–Kier alpha value is -3.21. The molecule has 0 unspecified atom stereocenters. The summed E-state index contributed by atoms with van der Waals surface area (Å²) in [6, 6.07) is 18.9. The Morgan fingerprint density at radius 3 is 2.50 bits per heavy atom. The van der Waals surface area contributed by atoms with Crippen LogP contribution in [0.3, 0.4) is 0 Å². The molecular weight excluding hydrogens is 346 g/mol. The number of nitrogens with zero attached hydrogens (tertiary/aromatic N) is 5. The standard InChI is InChI=1S/C23H25N5/c1-3-4-14-27(16-19-8-6-5-7-9-19)22-21-15-26-28(23(21)25-17-24-22)20-12-10-18(2)11-13-20/h5-13,15,17H,3-4,14,16H2,1-2H3. The molecule has 0 aliphatic heterocycles. The van der Waals surface area contributed by atoms with Crippen LogP contribution in [0.2, 0.25) is 0 Å². The van der Waals surface area contributed by atoms with Crippen LogP contribution in [0.25, 0.3) is 16.7 Å². The molecule has 2 aromatic carbocycles. The first kappa shape index (κ1) is 18.2. The maximum atomic E-state index is 4.64. The van der Waals surface area contributed by atoms with Gasteiger partial charge in [0, 0.05) is 13.1 Å². The molecule has 0 spiro atoms. The van der Waals surface area contributed by atoms with Crippen molar-refractivity contribution in [1.82, 2.24) is 19.7 Å². The molecule has 0 atom stereocenters. The predicted octanol–water partition coefficient (Wildman–Crippen LogP) is 4.93. The van der Waals surface area contributed by atoms with Gasteiger partial charge in [-0.05, 0) is 31.0 Å². The lowest BCUT2D eigenvalue weighted by Crippen LogP contribution is -2.25. The Kier molecular flexibility index (Phi) is 5.33. The summed E-state index contributed by atoms with van der Waals surface area (Å²) < 4.78 is 1.89. The monoisotopic (exact) mass is 371 g/mol. The quantitative estimate of drug-likeness (QED) is 0.462. The van der Waals surface area contributed by atoms with E-state index in [0.29, 0.717) is 0 Å². The molecular formula is C23H25N5. The van der Waals surface area contributed by atoms with E-state index in [1.54, 1.807) is 6.33 Å². The van der Waals surface area contributed by atoms with E-state index in [-0.39, 0.29) is 0 Å². The smallest absolute Gasteiger partial charge is 0.168 e. The van der Waals surface area contributed by atoms with Crippen molar-refractivity contribution in [2.45, 2.75) is 33.2 Å². The van der Waals surface area contributed by atoms with Crippen molar-refractivity contribution in [3.8, 4) is 5.69 Å². The van der Waals surface area contributed by atoms with E-state index in [4.69, 9.17) is 0 Å². The molecule has 4 rings (SSSR count). The molecule has 0 bridgehead atoms. The van der Waals surface area contributed by atoms with Crippen LogP contribution < -0.4 is 4.90 Å². The summed E-state index contributed by atoms with van der Waals surface area (Å²) in [5.74, 6) is 0.945. The average Bonchev–Trinajstić information content (AvgIpc) is 3.17. The number of benzene rings is 2. The molecule has 0 aliphatic rings. The summed E-state index contributed by atoms with van der Waals surface area (Å²) in [5, 5.41) is 5.59. The fourth-order valence-electron chi connectivity index (χ4n) is 3.37. The van der Waals surface area contributed by atoms with Crippen molar-refractivity contribution in [3.63, 3.8) is 0 Å². The van der Waals surface area contributed by atoms with E-state index < -0.39 is 0 Å². The lowest BCUT2D eigenvalue weighted by molar-refractivity contribution is 0.709. The number of fused-ring (bicyclic) bond motifs is 1. The maximum Gasteiger partial charge on any atom is 0.168 e. The largest absolute Gasteiger partial charge is 0.352 e. The molecule has 0 radical (unpaired) electrons. The molecule has 0 N–H and O–H groups in total. The highest BCUT2D eigenvalue weighted by molar-refractivity contribution is 5.87. The fourth-order valence-corrected chi connectivity index (χ4v) is 3.37. The molecule has 5 nitrogen and oxygen atoms in total. The lowest BCUT2D eigenvalue weighted by atomic mass is 10.2. The number of hydrogen-bond donors (Lipinski definition) is 0. The predicted molar refractivity (Wildman–Crippen MR) is 114 cm³/mol. The zero-order valence-electron chi connectivity index (χ0n) is 16.4. The summed E-state index contributed by atoms with van der Waals surface area (Å²) in [6.07, 6.45) is 5.79. The van der Waals surface area contributed by atoms with Crippen molar-refractivity contribution in [1.29, 1.82) is 0 Å². The molecule has 0 saturated heterocycles. The van der Waals surface area contributed by atoms with Gasteiger partial charge in [0.1, 0.15) is 12.1 Å². The molecule has 0 aliphatic carbocycles. The normalized spacial score (nSPS) is 11.1. The number of unbranched alkanes of at least 4 members (excludes halogenated alkanes) is 1. The zero-order valence-corrected chi connectivity index (χ0v) is 16.4. The Morgan fingerprint density at radius 1 is 0.964 bits per heavy atom. The van der Waals surface area contributed by atoms with Gasteiger partial charge in [-0.1, -0.05) is 61.4 Å². The number of anilines is 1. The van der Waals surface area contributed by atoms with Gasteiger partial charge in [-0.2, -0.15) is 5.10 Å². The van der Waals surface area contributed by atoms with Crippen LogP contribution in [-0.2, 0) is 6.54 Å². The van der Waals surface area contributed by atoms with E-state index in [2.05, 4.69) is 82.3 Å². The van der Waals surface area contributed by atoms with E-state index in [1.807, 2.05) is 16.9 Å². The third kappa shape index (κ3) is 3.74. The minimum atomic E-state index is 0.822. The molecule has 28 heavy (non-hydrogen) atoms. The second kappa shape index (κ2) is 8.21. The van der Waals surface area contributed by atoms with Gasteiger partial charge in [-0.15, -0.1) is 0 Å². The van der Waals surface area contributed by atoms with Crippen LogP contribution in [0, 0.1) is 6.92 Å². The topological polar surface area (TPSA) is 46.8 Å². The Bertz CT molecular complexity index is 1040. The highest BCUT2D eigenvalue weighted by Gasteiger charge is 2.16. The highest BCUT2D eigenvalue weighted by atomic mass is 15.3. The lowest BCUT2D eigenvalue weighted by Gasteiger charge is -2.24. The van der Waals surface area contributed by atoms with E-state index in [0.717, 1.165) is 48.5 Å². The van der Waals surface area contributed by atoms with E-state index in [9.17, 15) is 0 Å². The number of aromatic nitrogens is 4. The van der Waals surface area contributed by atoms with Gasteiger partial charge in [0.2, 0.25) is 0 Å². The molecule has 142 valence electrons. The van der Waals surface area contributed by atoms with Crippen LogP contribution in [0.1, 0.15) is 30.9 Å². The second-order valence-corrected chi connectivity index (χ2v) is 7.09. The SMILES string of the molecule is CCCCN(Cc1ccccc1)c1ncnc2c1cnn2-c1ccc(C)cc1. The third-order valence-corrected chi connectivity index (χ3v) is 4.92. The second-order valence-electron chi connectivity index (χ2n) is 7.09. The molecule has 2 heterocycles. The Balaban J connectivity index is 1.74. The van der Waals surface area contributed by atoms with Crippen LogP contribution >= 0.6 is 0 Å². The number of rotatable bonds is 7. The van der Waals surface area contributed by atoms with Gasteiger partial charge < -0.3 is 4.90 Å². The first-order chi connectivity index (χ1) is 13.8. The fraction of sp³-hybridized carbons (Fsp3) is 0.261. The van der Waals surface area contributed by atoms with Crippen LogP contribution in [-0.4, -0.2) is 26.3 Å². The first-order valence-electron chi connectivity index (χ1n) is 9.81. The minimum absolute atomic E-state index is 0.822. The van der Waals surface area contributed by atoms with Crippen LogP contribution in [0.4, 0.5) is 5.82 Å². The van der Waals surface area contributed by atoms with E-state index >= 15 is 0 Å². The summed E-state index contributed by atoms with van der Waals surface area (Å²) >= 11 is 0. The molecule has 5 heteroatoms. The third-order valence-electron chi connectivity index (χ3n) is 4.92. The van der Waals surface area contributed by atoms with Crippen molar-refractivity contribution in [2.24, 2.45) is 0 Å². The number of hydrogen-bond acceptors (Lipinski definition) is 4. The molecule has 0 saturated carbocycles. The van der Waals surface area contributed by atoms with Gasteiger partial charge in [-0.25, -0.2) is 14.6 Å². The molecule has 2 aromatic heterocycles. The van der Waals surface area contributed by atoms with Crippen LogP contribution in [0.15, 0.2) is 67.1 Å². The Morgan fingerprint density at radius 2 is 1.75 bits per heavy atom. The number of aryl methyl sites for hydroxylation is 1. The molecule has 4 aromatic rings. The van der Waals surface area contributed by atoms with Crippen molar-refractivity contribution in [3.05, 3.63) is 78.2 Å². The first-order valence-corrected chi connectivity index (χ1v) is 9.81. The van der Waals surface area contributed by atoms with Gasteiger partial charge in [-0.3, -0.25) is 0 Å². The van der Waals surface area contributed by atoms with Gasteiger partial charge in [0.15, 0.2) is 5.65 Å². The summed E-state index contributed by atoms with van der Waals surface area (Å²) in [7, 11) is 0. The summed E-state index contributed by atoms with van der Waals surface area (Å²) in [6.45, 7) is 6.07. The van der Waals surface area contributed by atoms with E-state index in [1.165, 1.54) is 11.1 Å². The summed E-state index contributed by atoms with van der Waals surface area (Å²) in [4.78, 5) is 11.5. The molecule has 0 amide bonds. The summed E-state index contributed by atoms with van der Waals surface area (Å²) in [5.41, 5.74) is 4.34. The minimum Gasteiger partial charge on any atom is -0.352 e. The van der Waals surface area contributed by atoms with Crippen molar-refractivity contribution < 1.29 is 0 Å². The maximum absolute atomic E-state index is 4.64. The average molecular weight is 371 g/mol.